The highest BCUT2D eigenvalue weighted by Crippen LogP contribution is 2.30. The molecule has 86 valence electrons. The predicted octanol–water partition coefficient (Wildman–Crippen LogP) is 2.13. The number of halogens is 3. The largest absolute Gasteiger partial charge is 0.266 e. The number of pyridine rings is 1. The van der Waals surface area contributed by atoms with Crippen molar-refractivity contribution in [2.24, 2.45) is 0 Å². The van der Waals surface area contributed by atoms with Crippen LogP contribution in [0.3, 0.4) is 0 Å². The quantitative estimate of drug-likeness (QED) is 0.769. The van der Waals surface area contributed by atoms with Gasteiger partial charge < -0.3 is 0 Å². The zero-order chi connectivity index (χ0) is 12.5. The summed E-state index contributed by atoms with van der Waals surface area (Å²) in [6.07, 6.45) is -2.22. The van der Waals surface area contributed by atoms with Gasteiger partial charge in [-0.15, -0.1) is 0 Å². The fraction of sp³-hybridized carbons (Fsp3) is 0.250. The van der Waals surface area contributed by atoms with E-state index in [1.165, 1.54) is 13.0 Å². The van der Waals surface area contributed by atoms with Gasteiger partial charge in [0.05, 0.1) is 16.8 Å². The molecule has 0 atom stereocenters. The summed E-state index contributed by atoms with van der Waals surface area (Å²) in [5, 5.41) is 8.70. The van der Waals surface area contributed by atoms with Gasteiger partial charge in [0.15, 0.2) is 0 Å². The van der Waals surface area contributed by atoms with Crippen LogP contribution < -0.4 is 0 Å². The van der Waals surface area contributed by atoms with Crippen LogP contribution in [-0.2, 0) is 9.05 Å². The standard InChI is InChI=1S/C8H5ClF2N2O2S/c1-4-7(16(9,14)15)5(2-12)6(3-13-4)8(10)11/h3,8H,1H3. The van der Waals surface area contributed by atoms with E-state index in [9.17, 15) is 17.2 Å². The van der Waals surface area contributed by atoms with Gasteiger partial charge in [0.1, 0.15) is 11.0 Å². The number of aryl methyl sites for hydroxylation is 1. The summed E-state index contributed by atoms with van der Waals surface area (Å²) in [7, 11) is 0.782. The average Bonchev–Trinajstić information content (AvgIpc) is 2.14. The van der Waals surface area contributed by atoms with Crippen LogP contribution in [0.2, 0.25) is 0 Å². The van der Waals surface area contributed by atoms with Crippen LogP contribution >= 0.6 is 10.7 Å². The van der Waals surface area contributed by atoms with Crippen molar-refractivity contribution in [1.29, 1.82) is 5.26 Å². The molecule has 0 aliphatic heterocycles. The highest BCUT2D eigenvalue weighted by Gasteiger charge is 2.25. The van der Waals surface area contributed by atoms with Crippen LogP contribution in [-0.4, -0.2) is 13.4 Å². The average molecular weight is 267 g/mol. The third kappa shape index (κ3) is 2.28. The molecule has 0 saturated carbocycles. The predicted molar refractivity (Wildman–Crippen MR) is 51.7 cm³/mol. The second-order valence-electron chi connectivity index (χ2n) is 2.85. The maximum atomic E-state index is 12.5. The van der Waals surface area contributed by atoms with E-state index in [1.54, 1.807) is 0 Å². The Bertz CT molecular complexity index is 566. The number of aromatic nitrogens is 1. The molecular weight excluding hydrogens is 262 g/mol. The summed E-state index contributed by atoms with van der Waals surface area (Å²) in [6, 6.07) is 1.41. The zero-order valence-corrected chi connectivity index (χ0v) is 9.48. The number of nitrogens with zero attached hydrogens (tertiary/aromatic N) is 2. The Morgan fingerprint density at radius 1 is 1.56 bits per heavy atom. The van der Waals surface area contributed by atoms with Crippen molar-refractivity contribution in [2.75, 3.05) is 0 Å². The van der Waals surface area contributed by atoms with Gasteiger partial charge in [0.2, 0.25) is 0 Å². The van der Waals surface area contributed by atoms with E-state index < -0.39 is 31.5 Å². The first-order valence-corrected chi connectivity index (χ1v) is 6.22. The molecule has 1 rings (SSSR count). The molecular formula is C8H5ClF2N2O2S. The van der Waals surface area contributed by atoms with Gasteiger partial charge in [-0.3, -0.25) is 4.98 Å². The van der Waals surface area contributed by atoms with E-state index in [4.69, 9.17) is 15.9 Å². The minimum absolute atomic E-state index is 0.0871. The zero-order valence-electron chi connectivity index (χ0n) is 7.91. The molecule has 0 aromatic carbocycles. The van der Waals surface area contributed by atoms with E-state index in [0.717, 1.165) is 6.20 Å². The van der Waals surface area contributed by atoms with E-state index in [2.05, 4.69) is 4.98 Å². The SMILES string of the molecule is Cc1ncc(C(F)F)c(C#N)c1S(=O)(=O)Cl. The Morgan fingerprint density at radius 3 is 2.50 bits per heavy atom. The Hall–Kier alpha value is -1.26. The minimum atomic E-state index is -4.28. The number of hydrogen-bond acceptors (Lipinski definition) is 4. The summed E-state index contributed by atoms with van der Waals surface area (Å²) < 4.78 is 47.2. The molecule has 0 radical (unpaired) electrons. The maximum Gasteiger partial charge on any atom is 0.266 e. The maximum absolute atomic E-state index is 12.5. The number of hydrogen-bond donors (Lipinski definition) is 0. The summed E-state index contributed by atoms with van der Waals surface area (Å²) in [5.41, 5.74) is -1.49. The van der Waals surface area contributed by atoms with Crippen LogP contribution in [0.1, 0.15) is 23.2 Å². The van der Waals surface area contributed by atoms with Crippen LogP contribution in [0.25, 0.3) is 0 Å². The first-order chi connectivity index (χ1) is 7.29. The molecule has 1 heterocycles. The molecule has 0 saturated heterocycles. The molecule has 8 heteroatoms. The minimum Gasteiger partial charge on any atom is -0.260 e. The van der Waals surface area contributed by atoms with E-state index in [-0.39, 0.29) is 5.69 Å². The second-order valence-corrected chi connectivity index (χ2v) is 5.36. The smallest absolute Gasteiger partial charge is 0.260 e. The summed E-state index contributed by atoms with van der Waals surface area (Å²) in [4.78, 5) is 2.82. The van der Waals surface area contributed by atoms with Gasteiger partial charge in [-0.1, -0.05) is 0 Å². The van der Waals surface area contributed by atoms with Crippen molar-refractivity contribution in [2.45, 2.75) is 18.2 Å². The molecule has 0 aliphatic rings. The van der Waals surface area contributed by atoms with Crippen molar-refractivity contribution in [3.8, 4) is 6.07 Å². The van der Waals surface area contributed by atoms with Gasteiger partial charge in [-0.05, 0) is 6.92 Å². The molecule has 1 aromatic rings. The molecule has 0 N–H and O–H groups in total. The Balaban J connectivity index is 3.74. The number of rotatable bonds is 2. The Morgan fingerprint density at radius 2 is 2.12 bits per heavy atom. The molecule has 0 fully saturated rings. The Labute approximate surface area is 94.9 Å². The third-order valence-corrected chi connectivity index (χ3v) is 3.28. The number of alkyl halides is 2. The van der Waals surface area contributed by atoms with E-state index in [0.29, 0.717) is 0 Å². The topological polar surface area (TPSA) is 70.8 Å². The van der Waals surface area contributed by atoms with E-state index >= 15 is 0 Å². The summed E-state index contributed by atoms with van der Waals surface area (Å²) in [6.45, 7) is 1.27. The lowest BCUT2D eigenvalue weighted by Gasteiger charge is -2.08. The highest BCUT2D eigenvalue weighted by atomic mass is 35.7. The van der Waals surface area contributed by atoms with Gasteiger partial charge in [0, 0.05) is 16.9 Å². The second kappa shape index (κ2) is 4.31. The lowest BCUT2D eigenvalue weighted by Crippen LogP contribution is -2.05. The van der Waals surface area contributed by atoms with E-state index in [1.807, 2.05) is 0 Å². The van der Waals surface area contributed by atoms with Crippen LogP contribution in [0.5, 0.6) is 0 Å². The molecule has 0 spiro atoms. The van der Waals surface area contributed by atoms with Gasteiger partial charge in [-0.2, -0.15) is 5.26 Å². The van der Waals surface area contributed by atoms with Gasteiger partial charge in [0.25, 0.3) is 15.5 Å². The molecule has 4 nitrogen and oxygen atoms in total. The summed E-state index contributed by atoms with van der Waals surface area (Å²) in [5.74, 6) is 0. The van der Waals surface area contributed by atoms with Crippen LogP contribution in [0.15, 0.2) is 11.1 Å². The molecule has 0 amide bonds. The van der Waals surface area contributed by atoms with Gasteiger partial charge >= 0.3 is 0 Å². The van der Waals surface area contributed by atoms with Crippen molar-refractivity contribution >= 4 is 19.7 Å². The normalized spacial score (nSPS) is 11.5. The lowest BCUT2D eigenvalue weighted by molar-refractivity contribution is 0.150. The first-order valence-electron chi connectivity index (χ1n) is 3.91. The molecule has 16 heavy (non-hydrogen) atoms. The molecule has 0 unspecified atom stereocenters. The number of nitriles is 1. The lowest BCUT2D eigenvalue weighted by atomic mass is 10.1. The van der Waals surface area contributed by atoms with Crippen molar-refractivity contribution in [3.05, 3.63) is 23.0 Å². The highest BCUT2D eigenvalue weighted by molar-refractivity contribution is 8.13. The monoisotopic (exact) mass is 266 g/mol. The van der Waals surface area contributed by atoms with Crippen molar-refractivity contribution in [1.82, 2.24) is 4.98 Å². The molecule has 0 aliphatic carbocycles. The molecule has 1 aromatic heterocycles. The fourth-order valence-electron chi connectivity index (χ4n) is 1.18. The van der Waals surface area contributed by atoms with Crippen molar-refractivity contribution in [3.63, 3.8) is 0 Å². The van der Waals surface area contributed by atoms with Gasteiger partial charge in [-0.25, -0.2) is 17.2 Å². The first kappa shape index (κ1) is 12.8. The van der Waals surface area contributed by atoms with Crippen molar-refractivity contribution < 1.29 is 17.2 Å². The summed E-state index contributed by atoms with van der Waals surface area (Å²) >= 11 is 0. The van der Waals surface area contributed by atoms with Crippen LogP contribution in [0, 0.1) is 18.3 Å². The van der Waals surface area contributed by atoms with Crippen LogP contribution in [0.4, 0.5) is 8.78 Å². The Kier molecular flexibility index (Phi) is 3.45. The molecule has 0 bridgehead atoms. The fourth-order valence-corrected chi connectivity index (χ4v) is 2.56. The third-order valence-electron chi connectivity index (χ3n) is 1.83.